The quantitative estimate of drug-likeness (QED) is 0.848. The molecule has 1 aromatic heterocycles. The minimum absolute atomic E-state index is 0.0572. The lowest BCUT2D eigenvalue weighted by Gasteiger charge is -2.14. The van der Waals surface area contributed by atoms with Crippen LogP contribution in [-0.2, 0) is 0 Å². The van der Waals surface area contributed by atoms with E-state index in [0.717, 1.165) is 5.82 Å². The molecule has 0 fully saturated rings. The second-order valence-electron chi connectivity index (χ2n) is 3.74. The summed E-state index contributed by atoms with van der Waals surface area (Å²) in [5.74, 6) is 0.800. The average Bonchev–Trinajstić information content (AvgIpc) is 2.34. The van der Waals surface area contributed by atoms with Crippen LogP contribution in [0, 0.1) is 6.92 Å². The molecule has 0 aliphatic rings. The van der Waals surface area contributed by atoms with Gasteiger partial charge in [-0.05, 0) is 25.6 Å². The molecule has 0 saturated heterocycles. The number of benzene rings is 1. The topological polar surface area (TPSA) is 37.8 Å². The third kappa shape index (κ3) is 2.25. The van der Waals surface area contributed by atoms with E-state index in [4.69, 9.17) is 0 Å². The zero-order valence-corrected chi connectivity index (χ0v) is 9.51. The monoisotopic (exact) mass is 213 g/mol. The lowest BCUT2D eigenvalue weighted by molar-refractivity contribution is 0.646. The van der Waals surface area contributed by atoms with Crippen LogP contribution in [0.3, 0.4) is 0 Å². The zero-order chi connectivity index (χ0) is 11.4. The molecule has 0 radical (unpaired) electrons. The standard InChI is InChI=1S/C13H15N3/c1-10-4-6-11(7-5-10)12(14-2)13-15-8-3-9-16-13/h3-9,12,14H,1-2H3. The fourth-order valence-corrected chi connectivity index (χ4v) is 1.66. The molecule has 2 aromatic rings. The maximum absolute atomic E-state index is 4.28. The van der Waals surface area contributed by atoms with Gasteiger partial charge in [-0.15, -0.1) is 0 Å². The number of aromatic nitrogens is 2. The summed E-state index contributed by atoms with van der Waals surface area (Å²) in [5.41, 5.74) is 2.44. The molecule has 1 N–H and O–H groups in total. The minimum atomic E-state index is 0.0572. The van der Waals surface area contributed by atoms with Crippen LogP contribution in [0.2, 0.25) is 0 Å². The first-order chi connectivity index (χ1) is 7.81. The fourth-order valence-electron chi connectivity index (χ4n) is 1.66. The van der Waals surface area contributed by atoms with Gasteiger partial charge in [0.15, 0.2) is 0 Å². The van der Waals surface area contributed by atoms with E-state index < -0.39 is 0 Å². The molecule has 0 amide bonds. The summed E-state index contributed by atoms with van der Waals surface area (Å²) < 4.78 is 0. The van der Waals surface area contributed by atoms with Gasteiger partial charge in [0, 0.05) is 12.4 Å². The van der Waals surface area contributed by atoms with Gasteiger partial charge in [-0.25, -0.2) is 9.97 Å². The van der Waals surface area contributed by atoms with Crippen LogP contribution < -0.4 is 5.32 Å². The van der Waals surface area contributed by atoms with E-state index >= 15 is 0 Å². The number of hydrogen-bond acceptors (Lipinski definition) is 3. The smallest absolute Gasteiger partial charge is 0.149 e. The molecule has 0 aliphatic carbocycles. The first kappa shape index (κ1) is 10.8. The Balaban J connectivity index is 2.33. The van der Waals surface area contributed by atoms with Crippen molar-refractivity contribution in [2.24, 2.45) is 0 Å². The highest BCUT2D eigenvalue weighted by atomic mass is 15.0. The molecule has 1 atom stereocenters. The number of aryl methyl sites for hydroxylation is 1. The number of nitrogens with zero attached hydrogens (tertiary/aromatic N) is 2. The van der Waals surface area contributed by atoms with Crippen molar-refractivity contribution in [2.45, 2.75) is 13.0 Å². The fraction of sp³-hybridized carbons (Fsp3) is 0.231. The minimum Gasteiger partial charge on any atom is -0.307 e. The molecule has 1 aromatic carbocycles. The van der Waals surface area contributed by atoms with E-state index in [2.05, 4.69) is 46.5 Å². The Labute approximate surface area is 95.6 Å². The Kier molecular flexibility index (Phi) is 3.27. The van der Waals surface area contributed by atoms with Gasteiger partial charge in [0.1, 0.15) is 5.82 Å². The van der Waals surface area contributed by atoms with Crippen LogP contribution in [0.5, 0.6) is 0 Å². The maximum Gasteiger partial charge on any atom is 0.149 e. The molecule has 0 aliphatic heterocycles. The van der Waals surface area contributed by atoms with Crippen LogP contribution in [0.1, 0.15) is 23.0 Å². The predicted octanol–water partition coefficient (Wildman–Crippen LogP) is 2.09. The van der Waals surface area contributed by atoms with E-state index in [0.29, 0.717) is 0 Å². The highest BCUT2D eigenvalue weighted by molar-refractivity contribution is 5.27. The lowest BCUT2D eigenvalue weighted by Crippen LogP contribution is -2.19. The van der Waals surface area contributed by atoms with Gasteiger partial charge in [-0.3, -0.25) is 0 Å². The molecule has 0 bridgehead atoms. The Hall–Kier alpha value is -1.74. The van der Waals surface area contributed by atoms with Crippen LogP contribution in [-0.4, -0.2) is 17.0 Å². The third-order valence-electron chi connectivity index (χ3n) is 2.54. The predicted molar refractivity (Wildman–Crippen MR) is 64.1 cm³/mol. The van der Waals surface area contributed by atoms with E-state index in [1.165, 1.54) is 11.1 Å². The van der Waals surface area contributed by atoms with Crippen molar-refractivity contribution in [1.29, 1.82) is 0 Å². The molecule has 1 heterocycles. The van der Waals surface area contributed by atoms with Crippen molar-refractivity contribution >= 4 is 0 Å². The SMILES string of the molecule is CNC(c1ccc(C)cc1)c1ncccn1. The largest absolute Gasteiger partial charge is 0.307 e. The second-order valence-corrected chi connectivity index (χ2v) is 3.74. The van der Waals surface area contributed by atoms with Gasteiger partial charge in [-0.2, -0.15) is 0 Å². The summed E-state index contributed by atoms with van der Waals surface area (Å²) in [5, 5.41) is 3.23. The van der Waals surface area contributed by atoms with Gasteiger partial charge in [0.05, 0.1) is 6.04 Å². The first-order valence-corrected chi connectivity index (χ1v) is 5.32. The van der Waals surface area contributed by atoms with E-state index in [1.807, 2.05) is 13.1 Å². The van der Waals surface area contributed by atoms with E-state index in [9.17, 15) is 0 Å². The number of rotatable bonds is 3. The molecule has 1 unspecified atom stereocenters. The van der Waals surface area contributed by atoms with Crippen LogP contribution in [0.25, 0.3) is 0 Å². The van der Waals surface area contributed by atoms with Gasteiger partial charge in [0.2, 0.25) is 0 Å². The van der Waals surface area contributed by atoms with Crippen LogP contribution >= 0.6 is 0 Å². The summed E-state index contributed by atoms with van der Waals surface area (Å²) >= 11 is 0. The summed E-state index contributed by atoms with van der Waals surface area (Å²) in [4.78, 5) is 8.55. The van der Waals surface area contributed by atoms with E-state index in [-0.39, 0.29) is 6.04 Å². The summed E-state index contributed by atoms with van der Waals surface area (Å²) in [7, 11) is 1.92. The molecule has 0 saturated carbocycles. The summed E-state index contributed by atoms with van der Waals surface area (Å²) in [6.45, 7) is 2.08. The Bertz CT molecular complexity index is 436. The number of nitrogens with one attached hydrogen (secondary N) is 1. The molecule has 3 heteroatoms. The Morgan fingerprint density at radius 2 is 1.69 bits per heavy atom. The van der Waals surface area contributed by atoms with Crippen molar-refractivity contribution < 1.29 is 0 Å². The Morgan fingerprint density at radius 1 is 1.06 bits per heavy atom. The van der Waals surface area contributed by atoms with Crippen molar-refractivity contribution in [3.8, 4) is 0 Å². The second kappa shape index (κ2) is 4.86. The molecular weight excluding hydrogens is 198 g/mol. The molecule has 82 valence electrons. The molecule has 3 nitrogen and oxygen atoms in total. The van der Waals surface area contributed by atoms with Crippen molar-refractivity contribution in [2.75, 3.05) is 7.05 Å². The third-order valence-corrected chi connectivity index (χ3v) is 2.54. The van der Waals surface area contributed by atoms with Gasteiger partial charge in [0.25, 0.3) is 0 Å². The van der Waals surface area contributed by atoms with Crippen molar-refractivity contribution in [1.82, 2.24) is 15.3 Å². The van der Waals surface area contributed by atoms with Crippen molar-refractivity contribution in [3.63, 3.8) is 0 Å². The first-order valence-electron chi connectivity index (χ1n) is 5.32. The average molecular weight is 213 g/mol. The molecule has 2 rings (SSSR count). The zero-order valence-electron chi connectivity index (χ0n) is 9.51. The maximum atomic E-state index is 4.28. The highest BCUT2D eigenvalue weighted by Gasteiger charge is 2.13. The molecule has 16 heavy (non-hydrogen) atoms. The van der Waals surface area contributed by atoms with Gasteiger partial charge < -0.3 is 5.32 Å². The van der Waals surface area contributed by atoms with Crippen molar-refractivity contribution in [3.05, 3.63) is 59.7 Å². The Morgan fingerprint density at radius 3 is 2.25 bits per heavy atom. The normalized spacial score (nSPS) is 12.4. The highest BCUT2D eigenvalue weighted by Crippen LogP contribution is 2.18. The molecule has 0 spiro atoms. The summed E-state index contributed by atoms with van der Waals surface area (Å²) in [6.07, 6.45) is 3.53. The number of hydrogen-bond donors (Lipinski definition) is 1. The molecular formula is C13H15N3. The van der Waals surface area contributed by atoms with Crippen LogP contribution in [0.15, 0.2) is 42.7 Å². The summed E-state index contributed by atoms with van der Waals surface area (Å²) in [6, 6.07) is 10.3. The van der Waals surface area contributed by atoms with Gasteiger partial charge >= 0.3 is 0 Å². The lowest BCUT2D eigenvalue weighted by atomic mass is 10.0. The van der Waals surface area contributed by atoms with Crippen LogP contribution in [0.4, 0.5) is 0 Å². The van der Waals surface area contributed by atoms with E-state index in [1.54, 1.807) is 12.4 Å². The van der Waals surface area contributed by atoms with Gasteiger partial charge in [-0.1, -0.05) is 29.8 Å².